The maximum atomic E-state index is 13.2. The Morgan fingerprint density at radius 1 is 0.972 bits per heavy atom. The highest BCUT2D eigenvalue weighted by Crippen LogP contribution is 2.44. The Bertz CT molecular complexity index is 1330. The van der Waals surface area contributed by atoms with E-state index in [-0.39, 0.29) is 5.78 Å². The molecule has 0 fully saturated rings. The van der Waals surface area contributed by atoms with Gasteiger partial charge in [0.25, 0.3) is 0 Å². The van der Waals surface area contributed by atoms with Crippen LogP contribution in [-0.4, -0.2) is 45.3 Å². The van der Waals surface area contributed by atoms with Gasteiger partial charge in [-0.1, -0.05) is 18.2 Å². The lowest BCUT2D eigenvalue weighted by Crippen LogP contribution is -2.34. The molecule has 3 aromatic rings. The molecule has 7 heteroatoms. The molecule has 0 atom stereocenters. The highest BCUT2D eigenvalue weighted by molar-refractivity contribution is 6.15. The molecule has 0 spiro atoms. The van der Waals surface area contributed by atoms with Gasteiger partial charge in [0.15, 0.2) is 17.3 Å². The summed E-state index contributed by atoms with van der Waals surface area (Å²) in [5.41, 5.74) is 4.38. The van der Waals surface area contributed by atoms with E-state index in [0.29, 0.717) is 41.8 Å². The molecule has 186 valence electrons. The van der Waals surface area contributed by atoms with Gasteiger partial charge in [-0.15, -0.1) is 0 Å². The quantitative estimate of drug-likeness (QED) is 0.433. The highest BCUT2D eigenvalue weighted by Gasteiger charge is 2.35. The average Bonchev–Trinajstić information content (AvgIpc) is 3.24. The van der Waals surface area contributed by atoms with E-state index in [1.54, 1.807) is 27.4 Å². The Hall–Kier alpha value is -3.97. The summed E-state index contributed by atoms with van der Waals surface area (Å²) >= 11 is 0. The van der Waals surface area contributed by atoms with Crippen molar-refractivity contribution in [2.75, 3.05) is 34.6 Å². The molecule has 3 aromatic carbocycles. The highest BCUT2D eigenvalue weighted by atomic mass is 16.5. The van der Waals surface area contributed by atoms with Gasteiger partial charge < -0.3 is 23.7 Å². The minimum atomic E-state index is -0.108. The Morgan fingerprint density at radius 3 is 2.47 bits per heavy atom. The van der Waals surface area contributed by atoms with Crippen LogP contribution in [0.5, 0.6) is 28.7 Å². The van der Waals surface area contributed by atoms with Crippen molar-refractivity contribution in [2.24, 2.45) is 0 Å². The molecule has 0 saturated carbocycles. The largest absolute Gasteiger partial charge is 0.497 e. The standard InChI is InChI=1S/C29H29NO6/c1-18-13-24-22(16-30(17-35-24)12-11-20-7-10-23(33-3)25(14-20)34-4)29-27(18)28(31)26(36-29)15-19-5-8-21(32-2)9-6-19/h5-10,13-15H,11-12,16-17H2,1-4H3/b26-15+. The van der Waals surface area contributed by atoms with Gasteiger partial charge in [0.2, 0.25) is 5.78 Å². The molecule has 0 bridgehead atoms. The molecule has 2 aliphatic heterocycles. The molecular weight excluding hydrogens is 458 g/mol. The molecule has 0 unspecified atom stereocenters. The van der Waals surface area contributed by atoms with Crippen molar-refractivity contribution < 1.29 is 28.5 Å². The van der Waals surface area contributed by atoms with Gasteiger partial charge in [-0.3, -0.25) is 9.69 Å². The molecule has 5 rings (SSSR count). The number of nitrogens with zero attached hydrogens (tertiary/aromatic N) is 1. The van der Waals surface area contributed by atoms with E-state index in [2.05, 4.69) is 4.90 Å². The molecular formula is C29H29NO6. The summed E-state index contributed by atoms with van der Waals surface area (Å²) in [5, 5.41) is 0. The van der Waals surface area contributed by atoms with Crippen LogP contribution < -0.4 is 23.7 Å². The third-order valence-electron chi connectivity index (χ3n) is 6.57. The number of benzene rings is 3. The third-order valence-corrected chi connectivity index (χ3v) is 6.57. The first-order valence-corrected chi connectivity index (χ1v) is 11.8. The van der Waals surface area contributed by atoms with Gasteiger partial charge in [0.1, 0.15) is 24.0 Å². The van der Waals surface area contributed by atoms with Crippen LogP contribution >= 0.6 is 0 Å². The molecule has 0 aliphatic carbocycles. The number of Topliss-reactive ketones (excluding diaryl/α,β-unsaturated/α-hetero) is 1. The van der Waals surface area contributed by atoms with Crippen LogP contribution in [0.25, 0.3) is 6.08 Å². The smallest absolute Gasteiger partial charge is 0.232 e. The molecule has 2 heterocycles. The fraction of sp³-hybridized carbons (Fsp3) is 0.276. The van der Waals surface area contributed by atoms with E-state index < -0.39 is 0 Å². The minimum Gasteiger partial charge on any atom is -0.497 e. The number of fused-ring (bicyclic) bond motifs is 3. The van der Waals surface area contributed by atoms with Crippen molar-refractivity contribution in [3.63, 3.8) is 0 Å². The van der Waals surface area contributed by atoms with Crippen molar-refractivity contribution in [2.45, 2.75) is 19.9 Å². The maximum Gasteiger partial charge on any atom is 0.232 e. The number of hydrogen-bond donors (Lipinski definition) is 0. The predicted octanol–water partition coefficient (Wildman–Crippen LogP) is 5.03. The van der Waals surface area contributed by atoms with Gasteiger partial charge >= 0.3 is 0 Å². The first-order chi connectivity index (χ1) is 17.5. The van der Waals surface area contributed by atoms with Gasteiger partial charge in [-0.2, -0.15) is 0 Å². The monoisotopic (exact) mass is 487 g/mol. The summed E-state index contributed by atoms with van der Waals surface area (Å²) in [6.45, 7) is 3.80. The Morgan fingerprint density at radius 2 is 1.75 bits per heavy atom. The Labute approximate surface area is 210 Å². The fourth-order valence-electron chi connectivity index (χ4n) is 4.59. The zero-order valence-corrected chi connectivity index (χ0v) is 20.9. The summed E-state index contributed by atoms with van der Waals surface area (Å²) < 4.78 is 28.2. The van der Waals surface area contributed by atoms with E-state index >= 15 is 0 Å². The van der Waals surface area contributed by atoms with Crippen molar-refractivity contribution in [3.05, 3.63) is 82.1 Å². The first-order valence-electron chi connectivity index (χ1n) is 11.8. The van der Waals surface area contributed by atoms with Crippen molar-refractivity contribution in [1.82, 2.24) is 4.90 Å². The number of carbonyl (C=O) groups excluding carboxylic acids is 1. The molecule has 2 aliphatic rings. The molecule has 0 radical (unpaired) electrons. The normalized spacial score (nSPS) is 15.7. The number of ether oxygens (including phenoxy) is 5. The zero-order valence-electron chi connectivity index (χ0n) is 20.9. The van der Waals surface area contributed by atoms with Gasteiger partial charge in [0.05, 0.1) is 32.5 Å². The van der Waals surface area contributed by atoms with Crippen molar-refractivity contribution >= 4 is 11.9 Å². The van der Waals surface area contributed by atoms with Crippen LogP contribution in [0.2, 0.25) is 0 Å². The van der Waals surface area contributed by atoms with Crippen LogP contribution in [0, 0.1) is 6.92 Å². The lowest BCUT2D eigenvalue weighted by molar-refractivity contribution is 0.0949. The summed E-state index contributed by atoms with van der Waals surface area (Å²) in [7, 11) is 4.89. The lowest BCUT2D eigenvalue weighted by atomic mass is 9.98. The van der Waals surface area contributed by atoms with E-state index in [0.717, 1.165) is 46.7 Å². The topological polar surface area (TPSA) is 66.5 Å². The fourth-order valence-corrected chi connectivity index (χ4v) is 4.59. The van der Waals surface area contributed by atoms with Crippen LogP contribution in [0.3, 0.4) is 0 Å². The van der Waals surface area contributed by atoms with Gasteiger partial charge in [-0.25, -0.2) is 0 Å². The number of methoxy groups -OCH3 is 3. The second-order valence-corrected chi connectivity index (χ2v) is 8.85. The third kappa shape index (κ3) is 4.50. The van der Waals surface area contributed by atoms with Gasteiger partial charge in [-0.05, 0) is 66.4 Å². The summed E-state index contributed by atoms with van der Waals surface area (Å²) in [6, 6.07) is 15.4. The number of allylic oxidation sites excluding steroid dienone is 1. The number of aryl methyl sites for hydroxylation is 1. The lowest BCUT2D eigenvalue weighted by Gasteiger charge is -2.30. The molecule has 0 N–H and O–H groups in total. The number of rotatable bonds is 7. The van der Waals surface area contributed by atoms with Crippen molar-refractivity contribution in [3.8, 4) is 28.7 Å². The Balaban J connectivity index is 1.35. The van der Waals surface area contributed by atoms with Crippen LogP contribution in [0.1, 0.15) is 32.6 Å². The SMILES string of the molecule is COc1ccc(/C=C2/Oc3c4c(cc(C)c3C2=O)OCN(CCc2ccc(OC)c(OC)c2)C4)cc1. The van der Waals surface area contributed by atoms with E-state index in [9.17, 15) is 4.79 Å². The molecule has 7 nitrogen and oxygen atoms in total. The van der Waals surface area contributed by atoms with Crippen molar-refractivity contribution in [1.29, 1.82) is 0 Å². The number of hydrogen-bond acceptors (Lipinski definition) is 7. The second kappa shape index (κ2) is 9.95. The second-order valence-electron chi connectivity index (χ2n) is 8.85. The van der Waals surface area contributed by atoms with Crippen LogP contribution in [0.15, 0.2) is 54.3 Å². The predicted molar refractivity (Wildman–Crippen MR) is 136 cm³/mol. The van der Waals surface area contributed by atoms with E-state index in [4.69, 9.17) is 23.7 Å². The summed E-state index contributed by atoms with van der Waals surface area (Å²) in [5.74, 6) is 3.76. The van der Waals surface area contributed by atoms with Crippen LogP contribution in [-0.2, 0) is 13.0 Å². The molecule has 0 amide bonds. The van der Waals surface area contributed by atoms with Gasteiger partial charge in [0, 0.05) is 13.1 Å². The van der Waals surface area contributed by atoms with E-state index in [1.165, 1.54) is 0 Å². The maximum absolute atomic E-state index is 13.2. The first kappa shape index (κ1) is 23.8. The number of carbonyl (C=O) groups is 1. The summed E-state index contributed by atoms with van der Waals surface area (Å²) in [6.07, 6.45) is 2.58. The Kier molecular flexibility index (Phi) is 6.57. The molecule has 0 saturated heterocycles. The molecule has 0 aromatic heterocycles. The number of ketones is 1. The summed E-state index contributed by atoms with van der Waals surface area (Å²) in [4.78, 5) is 15.4. The van der Waals surface area contributed by atoms with Crippen LogP contribution in [0.4, 0.5) is 0 Å². The zero-order chi connectivity index (χ0) is 25.2. The molecule has 36 heavy (non-hydrogen) atoms. The van der Waals surface area contributed by atoms with E-state index in [1.807, 2.05) is 55.5 Å². The average molecular weight is 488 g/mol. The minimum absolute atomic E-state index is 0.108.